The normalized spacial score (nSPS) is 29.3. The Labute approximate surface area is 123 Å². The molecule has 0 bridgehead atoms. The summed E-state index contributed by atoms with van der Waals surface area (Å²) in [6.45, 7) is 4.98. The van der Waals surface area contributed by atoms with E-state index in [1.807, 2.05) is 0 Å². The van der Waals surface area contributed by atoms with Gasteiger partial charge in [-0.2, -0.15) is 0 Å². The van der Waals surface area contributed by atoms with Crippen LogP contribution in [0.25, 0.3) is 0 Å². The van der Waals surface area contributed by atoms with Crippen molar-refractivity contribution in [3.05, 3.63) is 35.4 Å². The Morgan fingerprint density at radius 1 is 1.24 bits per heavy atom. The zero-order chi connectivity index (χ0) is 15.2. The number of carboxylic acids is 1. The van der Waals surface area contributed by atoms with Crippen LogP contribution in [0.2, 0.25) is 0 Å². The third-order valence-corrected chi connectivity index (χ3v) is 4.78. The highest BCUT2D eigenvalue weighted by atomic mass is 16.5. The van der Waals surface area contributed by atoms with Gasteiger partial charge in [0.25, 0.3) is 5.91 Å². The number of carbonyl (C=O) groups is 2. The molecule has 2 fully saturated rings. The van der Waals surface area contributed by atoms with E-state index in [-0.39, 0.29) is 29.0 Å². The second-order valence-corrected chi connectivity index (χ2v) is 6.40. The predicted molar refractivity (Wildman–Crippen MR) is 76.3 cm³/mol. The van der Waals surface area contributed by atoms with E-state index in [4.69, 9.17) is 9.84 Å². The van der Waals surface area contributed by atoms with Gasteiger partial charge < -0.3 is 15.2 Å². The number of rotatable bonds is 3. The highest BCUT2D eigenvalue weighted by Gasteiger charge is 2.59. The number of hydrogen-bond donors (Lipinski definition) is 2. The van der Waals surface area contributed by atoms with Crippen molar-refractivity contribution in [1.82, 2.24) is 5.32 Å². The first-order chi connectivity index (χ1) is 9.91. The number of fused-ring (bicyclic) bond motifs is 1. The van der Waals surface area contributed by atoms with Crippen LogP contribution in [0, 0.1) is 11.3 Å². The van der Waals surface area contributed by atoms with Gasteiger partial charge >= 0.3 is 5.97 Å². The van der Waals surface area contributed by atoms with Gasteiger partial charge in [0.05, 0.1) is 11.7 Å². The summed E-state index contributed by atoms with van der Waals surface area (Å²) in [6.07, 6.45) is 1.22. The molecule has 2 aliphatic rings. The van der Waals surface area contributed by atoms with Crippen LogP contribution in [-0.4, -0.2) is 35.7 Å². The fraction of sp³-hybridized carbons (Fsp3) is 0.500. The molecule has 1 saturated heterocycles. The van der Waals surface area contributed by atoms with Crippen molar-refractivity contribution in [2.75, 3.05) is 6.61 Å². The molecule has 0 spiro atoms. The molecular formula is C16H19NO4. The van der Waals surface area contributed by atoms with Crippen LogP contribution in [0.4, 0.5) is 0 Å². The van der Waals surface area contributed by atoms with E-state index in [1.165, 1.54) is 12.1 Å². The summed E-state index contributed by atoms with van der Waals surface area (Å²) in [5.41, 5.74) is 0.607. The van der Waals surface area contributed by atoms with E-state index >= 15 is 0 Å². The van der Waals surface area contributed by atoms with Crippen LogP contribution in [0.15, 0.2) is 24.3 Å². The second kappa shape index (κ2) is 4.84. The Hall–Kier alpha value is -1.88. The number of nitrogens with one attached hydrogen (secondary N) is 1. The van der Waals surface area contributed by atoms with E-state index in [0.717, 1.165) is 13.0 Å². The maximum atomic E-state index is 12.3. The summed E-state index contributed by atoms with van der Waals surface area (Å²) in [4.78, 5) is 23.1. The molecule has 1 saturated carbocycles. The summed E-state index contributed by atoms with van der Waals surface area (Å²) in [6, 6.07) is 6.10. The van der Waals surface area contributed by atoms with Gasteiger partial charge in [0.1, 0.15) is 0 Å². The number of ether oxygens (including phenoxy) is 1. The minimum Gasteiger partial charge on any atom is -0.478 e. The minimum atomic E-state index is -0.993. The van der Waals surface area contributed by atoms with Gasteiger partial charge in [0.15, 0.2) is 0 Å². The number of aromatic carboxylic acids is 1. The van der Waals surface area contributed by atoms with E-state index in [9.17, 15) is 9.59 Å². The lowest BCUT2D eigenvalue weighted by atomic mass is 9.57. The first kappa shape index (κ1) is 14.1. The smallest absolute Gasteiger partial charge is 0.335 e. The predicted octanol–water partition coefficient (Wildman–Crippen LogP) is 1.93. The highest BCUT2D eigenvalue weighted by molar-refractivity contribution is 5.96. The van der Waals surface area contributed by atoms with Crippen molar-refractivity contribution < 1.29 is 19.4 Å². The molecule has 112 valence electrons. The third-order valence-electron chi connectivity index (χ3n) is 4.78. The largest absolute Gasteiger partial charge is 0.478 e. The third kappa shape index (κ3) is 2.21. The molecule has 1 heterocycles. The van der Waals surface area contributed by atoms with Crippen LogP contribution in [-0.2, 0) is 4.74 Å². The molecule has 1 amide bonds. The number of carbonyl (C=O) groups excluding carboxylic acids is 1. The van der Waals surface area contributed by atoms with Crippen molar-refractivity contribution in [3.63, 3.8) is 0 Å². The lowest BCUT2D eigenvalue weighted by Gasteiger charge is -2.54. The molecule has 0 radical (unpaired) electrons. The van der Waals surface area contributed by atoms with Crippen molar-refractivity contribution in [1.29, 1.82) is 0 Å². The number of benzene rings is 1. The van der Waals surface area contributed by atoms with Crippen molar-refractivity contribution >= 4 is 11.9 Å². The van der Waals surface area contributed by atoms with Crippen LogP contribution < -0.4 is 5.32 Å². The summed E-state index contributed by atoms with van der Waals surface area (Å²) >= 11 is 0. The van der Waals surface area contributed by atoms with Gasteiger partial charge in [0.2, 0.25) is 0 Å². The van der Waals surface area contributed by atoms with Crippen molar-refractivity contribution in [2.24, 2.45) is 11.3 Å². The van der Waals surface area contributed by atoms with Gasteiger partial charge in [-0.25, -0.2) is 4.79 Å². The Kier molecular flexibility index (Phi) is 3.24. The lowest BCUT2D eigenvalue weighted by molar-refractivity contribution is -0.108. The average Bonchev–Trinajstić information content (AvgIpc) is 2.91. The second-order valence-electron chi connectivity index (χ2n) is 6.40. The van der Waals surface area contributed by atoms with Crippen LogP contribution >= 0.6 is 0 Å². The van der Waals surface area contributed by atoms with Crippen LogP contribution in [0.5, 0.6) is 0 Å². The molecular weight excluding hydrogens is 270 g/mol. The Morgan fingerprint density at radius 3 is 2.48 bits per heavy atom. The van der Waals surface area contributed by atoms with Gasteiger partial charge in [0, 0.05) is 29.5 Å². The minimum absolute atomic E-state index is 0.0577. The Balaban J connectivity index is 1.70. The molecule has 5 nitrogen and oxygen atoms in total. The molecule has 1 aliphatic heterocycles. The van der Waals surface area contributed by atoms with Gasteiger partial charge in [-0.15, -0.1) is 0 Å². The standard InChI is InChI=1S/C16H19NO4/c1-16(2)12(11-7-8-21-13(11)16)17-14(18)9-3-5-10(6-4-9)15(19)20/h3-6,11-13H,7-8H2,1-2H3,(H,17,18)(H,19,20). The monoisotopic (exact) mass is 289 g/mol. The van der Waals surface area contributed by atoms with E-state index < -0.39 is 5.97 Å². The summed E-state index contributed by atoms with van der Waals surface area (Å²) < 4.78 is 5.71. The number of carboxylic acid groups (broad SMARTS) is 1. The zero-order valence-corrected chi connectivity index (χ0v) is 12.1. The van der Waals surface area contributed by atoms with Gasteiger partial charge in [-0.3, -0.25) is 4.79 Å². The molecule has 2 N–H and O–H groups in total. The Bertz CT molecular complexity index is 578. The zero-order valence-electron chi connectivity index (χ0n) is 12.1. The first-order valence-corrected chi connectivity index (χ1v) is 7.17. The van der Waals surface area contributed by atoms with E-state index in [2.05, 4.69) is 19.2 Å². The molecule has 3 rings (SSSR count). The molecule has 3 unspecified atom stereocenters. The maximum absolute atomic E-state index is 12.3. The summed E-state index contributed by atoms with van der Waals surface area (Å²) in [5.74, 6) is -0.759. The van der Waals surface area contributed by atoms with Gasteiger partial charge in [-0.1, -0.05) is 13.8 Å². The topological polar surface area (TPSA) is 75.6 Å². The quantitative estimate of drug-likeness (QED) is 0.891. The first-order valence-electron chi connectivity index (χ1n) is 7.17. The molecule has 3 atom stereocenters. The lowest BCUT2D eigenvalue weighted by Crippen LogP contribution is -2.66. The summed E-state index contributed by atoms with van der Waals surface area (Å²) in [5, 5.41) is 11.9. The molecule has 1 aromatic carbocycles. The van der Waals surface area contributed by atoms with E-state index in [1.54, 1.807) is 12.1 Å². The maximum Gasteiger partial charge on any atom is 0.335 e. The number of hydrogen-bond acceptors (Lipinski definition) is 3. The highest BCUT2D eigenvalue weighted by Crippen LogP contribution is 2.52. The molecule has 0 aromatic heterocycles. The number of amides is 1. The van der Waals surface area contributed by atoms with Crippen molar-refractivity contribution in [2.45, 2.75) is 32.4 Å². The Morgan fingerprint density at radius 2 is 1.86 bits per heavy atom. The average molecular weight is 289 g/mol. The fourth-order valence-corrected chi connectivity index (χ4v) is 3.61. The molecule has 5 heteroatoms. The molecule has 1 aliphatic carbocycles. The van der Waals surface area contributed by atoms with Crippen LogP contribution in [0.1, 0.15) is 41.0 Å². The molecule has 21 heavy (non-hydrogen) atoms. The molecule has 1 aromatic rings. The fourth-order valence-electron chi connectivity index (χ4n) is 3.61. The SMILES string of the molecule is CC1(C)C(NC(=O)c2ccc(C(=O)O)cc2)C2CCOC21. The van der Waals surface area contributed by atoms with Crippen molar-refractivity contribution in [3.8, 4) is 0 Å². The summed E-state index contributed by atoms with van der Waals surface area (Å²) in [7, 11) is 0. The van der Waals surface area contributed by atoms with Crippen LogP contribution in [0.3, 0.4) is 0 Å². The van der Waals surface area contributed by atoms with Gasteiger partial charge in [-0.05, 0) is 30.7 Å². The van der Waals surface area contributed by atoms with E-state index in [0.29, 0.717) is 11.5 Å².